The van der Waals surface area contributed by atoms with Crippen molar-refractivity contribution in [2.24, 2.45) is 0 Å². The Labute approximate surface area is 118 Å². The van der Waals surface area contributed by atoms with Crippen molar-refractivity contribution in [3.05, 3.63) is 48.3 Å². The third kappa shape index (κ3) is 3.63. The molecule has 1 unspecified atom stereocenters. The number of hydrogen-bond donors (Lipinski definition) is 2. The van der Waals surface area contributed by atoms with Crippen LogP contribution in [0, 0.1) is 5.82 Å². The molecule has 2 aromatic rings. The number of rotatable bonds is 5. The second kappa shape index (κ2) is 6.28. The van der Waals surface area contributed by atoms with E-state index in [0.29, 0.717) is 17.5 Å². The minimum atomic E-state index is -0.697. The van der Waals surface area contributed by atoms with Crippen molar-refractivity contribution < 1.29 is 14.2 Å². The van der Waals surface area contributed by atoms with E-state index in [-0.39, 0.29) is 5.75 Å². The molecule has 0 radical (unpaired) electrons. The molecule has 0 aliphatic carbocycles. The maximum Gasteiger partial charge on any atom is 0.168 e. The van der Waals surface area contributed by atoms with Crippen molar-refractivity contribution in [1.82, 2.24) is 0 Å². The lowest BCUT2D eigenvalue weighted by Crippen LogP contribution is -2.12. The summed E-state index contributed by atoms with van der Waals surface area (Å²) in [6.45, 7) is 4.23. The van der Waals surface area contributed by atoms with Gasteiger partial charge in [0.05, 0.1) is 0 Å². The monoisotopic (exact) mass is 275 g/mol. The normalized spacial score (nSPS) is 11.9. The van der Waals surface area contributed by atoms with Crippen LogP contribution in [0.3, 0.4) is 0 Å². The van der Waals surface area contributed by atoms with Gasteiger partial charge < -0.3 is 15.2 Å². The molecular formula is C16H18FNO2. The van der Waals surface area contributed by atoms with E-state index in [0.717, 1.165) is 18.2 Å². The average Bonchev–Trinajstić information content (AvgIpc) is 2.45. The molecule has 0 saturated carbocycles. The Balaban J connectivity index is 2.04. The predicted octanol–water partition coefficient (Wildman–Crippen LogP) is 4.53. The lowest BCUT2D eigenvalue weighted by Gasteiger charge is -2.13. The molecule has 0 aliphatic rings. The highest BCUT2D eigenvalue weighted by Crippen LogP contribution is 2.26. The standard InChI is InChI=1S/C16H18FNO2/c1-3-11(2)18-12-4-6-13(7-5-12)20-14-8-9-16(19)15(17)10-14/h4-11,18-19H,3H2,1-2H3. The number of benzene rings is 2. The molecule has 3 nitrogen and oxygen atoms in total. The van der Waals surface area contributed by atoms with Crippen LogP contribution in [0.25, 0.3) is 0 Å². The first-order valence-electron chi connectivity index (χ1n) is 6.61. The Bertz CT molecular complexity index is 569. The quantitative estimate of drug-likeness (QED) is 0.842. The van der Waals surface area contributed by atoms with Gasteiger partial charge in [-0.3, -0.25) is 0 Å². The van der Waals surface area contributed by atoms with Gasteiger partial charge in [0.25, 0.3) is 0 Å². The molecule has 0 amide bonds. The topological polar surface area (TPSA) is 41.5 Å². The summed E-state index contributed by atoms with van der Waals surface area (Å²) in [4.78, 5) is 0. The van der Waals surface area contributed by atoms with Gasteiger partial charge in [-0.2, -0.15) is 0 Å². The van der Waals surface area contributed by atoms with E-state index in [1.807, 2.05) is 24.3 Å². The van der Waals surface area contributed by atoms with Crippen LogP contribution in [0.4, 0.5) is 10.1 Å². The molecule has 0 spiro atoms. The van der Waals surface area contributed by atoms with E-state index in [9.17, 15) is 4.39 Å². The summed E-state index contributed by atoms with van der Waals surface area (Å²) in [5, 5.41) is 12.5. The number of halogens is 1. The van der Waals surface area contributed by atoms with Gasteiger partial charge >= 0.3 is 0 Å². The zero-order valence-electron chi connectivity index (χ0n) is 11.6. The van der Waals surface area contributed by atoms with Gasteiger partial charge in [0.15, 0.2) is 11.6 Å². The zero-order chi connectivity index (χ0) is 14.5. The second-order valence-corrected chi connectivity index (χ2v) is 4.69. The Morgan fingerprint density at radius 2 is 1.80 bits per heavy atom. The predicted molar refractivity (Wildman–Crippen MR) is 78.0 cm³/mol. The van der Waals surface area contributed by atoms with Crippen molar-refractivity contribution >= 4 is 5.69 Å². The summed E-state index contributed by atoms with van der Waals surface area (Å²) in [7, 11) is 0. The number of hydrogen-bond acceptors (Lipinski definition) is 3. The Hall–Kier alpha value is -2.23. The molecule has 0 fully saturated rings. The van der Waals surface area contributed by atoms with Gasteiger partial charge in [-0.1, -0.05) is 6.92 Å². The molecule has 1 atom stereocenters. The van der Waals surface area contributed by atoms with Gasteiger partial charge in [0, 0.05) is 17.8 Å². The fourth-order valence-corrected chi connectivity index (χ4v) is 1.69. The third-order valence-corrected chi connectivity index (χ3v) is 3.03. The molecule has 0 heterocycles. The van der Waals surface area contributed by atoms with Gasteiger partial charge in [0.2, 0.25) is 0 Å². The first-order valence-corrected chi connectivity index (χ1v) is 6.61. The molecule has 2 N–H and O–H groups in total. The summed E-state index contributed by atoms with van der Waals surface area (Å²) in [6.07, 6.45) is 1.05. The van der Waals surface area contributed by atoms with Crippen molar-refractivity contribution in [3.8, 4) is 17.2 Å². The van der Waals surface area contributed by atoms with Gasteiger partial charge in [-0.05, 0) is 49.7 Å². The van der Waals surface area contributed by atoms with E-state index in [1.165, 1.54) is 12.1 Å². The van der Waals surface area contributed by atoms with Crippen LogP contribution < -0.4 is 10.1 Å². The Morgan fingerprint density at radius 3 is 2.40 bits per heavy atom. The minimum Gasteiger partial charge on any atom is -0.505 e. The van der Waals surface area contributed by atoms with Crippen LogP contribution in [0.15, 0.2) is 42.5 Å². The summed E-state index contributed by atoms with van der Waals surface area (Å²) in [5.41, 5.74) is 1.02. The maximum atomic E-state index is 13.2. The Kier molecular flexibility index (Phi) is 4.45. The number of ether oxygens (including phenoxy) is 1. The first-order chi connectivity index (χ1) is 9.58. The molecule has 0 saturated heterocycles. The van der Waals surface area contributed by atoms with Crippen LogP contribution >= 0.6 is 0 Å². The van der Waals surface area contributed by atoms with Crippen molar-refractivity contribution in [3.63, 3.8) is 0 Å². The summed E-state index contributed by atoms with van der Waals surface area (Å²) in [5.74, 6) is -0.115. The molecule has 20 heavy (non-hydrogen) atoms. The maximum absolute atomic E-state index is 13.2. The fourth-order valence-electron chi connectivity index (χ4n) is 1.69. The van der Waals surface area contributed by atoms with E-state index in [1.54, 1.807) is 0 Å². The second-order valence-electron chi connectivity index (χ2n) is 4.69. The average molecular weight is 275 g/mol. The van der Waals surface area contributed by atoms with Crippen molar-refractivity contribution in [1.29, 1.82) is 0 Å². The first kappa shape index (κ1) is 14.2. The number of nitrogens with one attached hydrogen (secondary N) is 1. The molecule has 0 aromatic heterocycles. The van der Waals surface area contributed by atoms with Crippen molar-refractivity contribution in [2.45, 2.75) is 26.3 Å². The fraction of sp³-hybridized carbons (Fsp3) is 0.250. The van der Waals surface area contributed by atoms with Gasteiger partial charge in [0.1, 0.15) is 11.5 Å². The summed E-state index contributed by atoms with van der Waals surface area (Å²) in [6, 6.07) is 11.8. The largest absolute Gasteiger partial charge is 0.505 e. The van der Waals surface area contributed by atoms with E-state index in [2.05, 4.69) is 19.2 Å². The van der Waals surface area contributed by atoms with Gasteiger partial charge in [-0.25, -0.2) is 4.39 Å². The van der Waals surface area contributed by atoms with Crippen LogP contribution in [0.1, 0.15) is 20.3 Å². The highest BCUT2D eigenvalue weighted by molar-refractivity contribution is 5.48. The number of phenolic OH excluding ortho intramolecular Hbond substituents is 1. The van der Waals surface area contributed by atoms with Gasteiger partial charge in [-0.15, -0.1) is 0 Å². The van der Waals surface area contributed by atoms with Crippen molar-refractivity contribution in [2.75, 3.05) is 5.32 Å². The molecule has 2 aromatic carbocycles. The van der Waals surface area contributed by atoms with Crippen LogP contribution in [-0.4, -0.2) is 11.1 Å². The smallest absolute Gasteiger partial charge is 0.168 e. The third-order valence-electron chi connectivity index (χ3n) is 3.03. The highest BCUT2D eigenvalue weighted by Gasteiger charge is 2.04. The lowest BCUT2D eigenvalue weighted by atomic mass is 10.2. The van der Waals surface area contributed by atoms with E-state index >= 15 is 0 Å². The molecule has 0 aliphatic heterocycles. The number of anilines is 1. The van der Waals surface area contributed by atoms with Crippen LogP contribution in [-0.2, 0) is 0 Å². The minimum absolute atomic E-state index is 0.350. The highest BCUT2D eigenvalue weighted by atomic mass is 19.1. The molecule has 2 rings (SSSR count). The Morgan fingerprint density at radius 1 is 1.15 bits per heavy atom. The van der Waals surface area contributed by atoms with E-state index in [4.69, 9.17) is 9.84 Å². The lowest BCUT2D eigenvalue weighted by molar-refractivity contribution is 0.423. The summed E-state index contributed by atoms with van der Waals surface area (Å²) >= 11 is 0. The zero-order valence-corrected chi connectivity index (χ0v) is 11.6. The number of aromatic hydroxyl groups is 1. The summed E-state index contributed by atoms with van der Waals surface area (Å²) < 4.78 is 18.7. The SMILES string of the molecule is CCC(C)Nc1ccc(Oc2ccc(O)c(F)c2)cc1. The number of phenols is 1. The van der Waals surface area contributed by atoms with Crippen LogP contribution in [0.2, 0.25) is 0 Å². The van der Waals surface area contributed by atoms with Crippen LogP contribution in [0.5, 0.6) is 17.2 Å². The molecule has 106 valence electrons. The molecular weight excluding hydrogens is 257 g/mol. The molecule has 0 bridgehead atoms. The van der Waals surface area contributed by atoms with E-state index < -0.39 is 5.82 Å². The molecule has 4 heteroatoms.